The molecule has 0 aromatic carbocycles. The van der Waals surface area contributed by atoms with Crippen LogP contribution in [0.2, 0.25) is 0 Å². The number of carbonyl (C=O) groups excluding carboxylic acids is 2. The van der Waals surface area contributed by atoms with Crippen LogP contribution in [0.25, 0.3) is 0 Å². The lowest BCUT2D eigenvalue weighted by molar-refractivity contribution is -0.161. The Bertz CT molecular complexity index is 1160. The van der Waals surface area contributed by atoms with Crippen molar-refractivity contribution in [3.63, 3.8) is 0 Å². The zero-order valence-corrected chi connectivity index (χ0v) is 43.4. The van der Waals surface area contributed by atoms with E-state index in [0.717, 1.165) is 44.9 Å². The Morgan fingerprint density at radius 1 is 0.462 bits per heavy atom. The van der Waals surface area contributed by atoms with Crippen molar-refractivity contribution >= 4 is 19.8 Å². The van der Waals surface area contributed by atoms with E-state index in [0.29, 0.717) is 6.42 Å². The fourth-order valence-electron chi connectivity index (χ4n) is 7.90. The second-order valence-electron chi connectivity index (χ2n) is 18.4. The summed E-state index contributed by atoms with van der Waals surface area (Å²) in [6.45, 7) is 3.76. The van der Waals surface area contributed by atoms with Crippen molar-refractivity contribution < 1.29 is 37.6 Å². The van der Waals surface area contributed by atoms with Crippen LogP contribution in [-0.2, 0) is 32.7 Å². The average molecular weight is 938 g/mol. The Morgan fingerprint density at radius 2 is 0.800 bits per heavy atom. The van der Waals surface area contributed by atoms with Gasteiger partial charge in [0, 0.05) is 19.4 Å². The van der Waals surface area contributed by atoms with Gasteiger partial charge in [-0.2, -0.15) is 0 Å². The zero-order chi connectivity index (χ0) is 47.4. The maximum absolute atomic E-state index is 12.7. The Kier molecular flexibility index (Phi) is 50.2. The van der Waals surface area contributed by atoms with Crippen molar-refractivity contribution in [1.29, 1.82) is 0 Å². The molecular formula is C55H104NO8P. The summed E-state index contributed by atoms with van der Waals surface area (Å²) >= 11 is 0. The third-order valence-corrected chi connectivity index (χ3v) is 13.0. The SMILES string of the molecule is CCCCCCC/C=C\C/C=C\CCCCCCCCCCCCCCCC(=O)OC(COC(=O)CCCCCCCCCCC/C=C\CCCCCCCC)COP(=O)(O)OCCN. The monoisotopic (exact) mass is 938 g/mol. The molecule has 65 heavy (non-hydrogen) atoms. The molecule has 0 spiro atoms. The molecule has 0 saturated carbocycles. The van der Waals surface area contributed by atoms with E-state index in [1.807, 2.05) is 0 Å². The molecule has 0 aromatic heterocycles. The summed E-state index contributed by atoms with van der Waals surface area (Å²) in [5.74, 6) is -0.820. The van der Waals surface area contributed by atoms with Gasteiger partial charge in [-0.1, -0.05) is 224 Å². The Morgan fingerprint density at radius 3 is 1.18 bits per heavy atom. The average Bonchev–Trinajstić information content (AvgIpc) is 3.30. The van der Waals surface area contributed by atoms with Gasteiger partial charge in [0.05, 0.1) is 13.2 Å². The van der Waals surface area contributed by atoms with E-state index in [-0.39, 0.29) is 38.6 Å². The van der Waals surface area contributed by atoms with Crippen molar-refractivity contribution in [3.8, 4) is 0 Å². The fraction of sp³-hybridized carbons (Fsp3) is 0.855. The number of rotatable bonds is 52. The summed E-state index contributed by atoms with van der Waals surface area (Å²) < 4.78 is 33.0. The molecule has 2 atom stereocenters. The number of ether oxygens (including phenoxy) is 2. The molecule has 3 N–H and O–H groups in total. The maximum atomic E-state index is 12.7. The largest absolute Gasteiger partial charge is 0.472 e. The number of esters is 2. The Hall–Kier alpha value is -1.77. The second-order valence-corrected chi connectivity index (χ2v) is 19.9. The van der Waals surface area contributed by atoms with E-state index in [2.05, 4.69) is 50.3 Å². The Balaban J connectivity index is 3.98. The minimum absolute atomic E-state index is 0.0538. The lowest BCUT2D eigenvalue weighted by Crippen LogP contribution is -2.29. The van der Waals surface area contributed by atoms with Crippen LogP contribution < -0.4 is 5.73 Å². The van der Waals surface area contributed by atoms with E-state index >= 15 is 0 Å². The first-order valence-corrected chi connectivity index (χ1v) is 29.0. The van der Waals surface area contributed by atoms with Crippen LogP contribution in [-0.4, -0.2) is 49.3 Å². The molecule has 0 aliphatic rings. The van der Waals surface area contributed by atoms with Crippen LogP contribution in [0.1, 0.15) is 271 Å². The summed E-state index contributed by atoms with van der Waals surface area (Å²) in [6, 6.07) is 0. The van der Waals surface area contributed by atoms with E-state index in [1.165, 1.54) is 193 Å². The molecule has 0 aliphatic heterocycles. The molecule has 0 amide bonds. The quantitative estimate of drug-likeness (QED) is 0.0264. The van der Waals surface area contributed by atoms with Crippen LogP contribution in [0.3, 0.4) is 0 Å². The standard InChI is InChI=1S/C55H104NO8P/c1-3-5-7-9-11-13-15-17-19-21-23-24-25-26-27-28-30-32-34-36-38-40-42-44-46-48-55(58)64-53(52-63-65(59,60)62-50-49-56)51-61-54(57)47-45-43-41-39-37-35-33-31-29-22-20-18-16-14-12-10-8-6-4-2/h15,17-18,20-21,23,53H,3-14,16,19,22,24-52,56H2,1-2H3,(H,59,60)/b17-15-,20-18-,23-21-. The maximum Gasteiger partial charge on any atom is 0.472 e. The van der Waals surface area contributed by atoms with E-state index in [9.17, 15) is 19.0 Å². The first-order chi connectivity index (χ1) is 31.8. The van der Waals surface area contributed by atoms with Gasteiger partial charge in [0.2, 0.25) is 0 Å². The van der Waals surface area contributed by atoms with Gasteiger partial charge in [-0.05, 0) is 70.6 Å². The highest BCUT2D eigenvalue weighted by Crippen LogP contribution is 2.43. The van der Waals surface area contributed by atoms with Crippen molar-refractivity contribution in [2.45, 2.75) is 277 Å². The summed E-state index contributed by atoms with van der Waals surface area (Å²) in [5, 5.41) is 0. The van der Waals surface area contributed by atoms with Crippen LogP contribution in [0.15, 0.2) is 36.5 Å². The molecule has 0 bridgehead atoms. The number of carbonyl (C=O) groups is 2. The topological polar surface area (TPSA) is 134 Å². The van der Waals surface area contributed by atoms with Crippen molar-refractivity contribution in [2.75, 3.05) is 26.4 Å². The van der Waals surface area contributed by atoms with Gasteiger partial charge in [0.25, 0.3) is 0 Å². The molecule has 382 valence electrons. The number of nitrogens with two attached hydrogens (primary N) is 1. The highest BCUT2D eigenvalue weighted by Gasteiger charge is 2.26. The van der Waals surface area contributed by atoms with Crippen molar-refractivity contribution in [3.05, 3.63) is 36.5 Å². The number of unbranched alkanes of at least 4 members (excludes halogenated alkanes) is 33. The molecule has 0 rings (SSSR count). The van der Waals surface area contributed by atoms with E-state index in [1.54, 1.807) is 0 Å². The van der Waals surface area contributed by atoms with Gasteiger partial charge >= 0.3 is 19.8 Å². The smallest absolute Gasteiger partial charge is 0.462 e. The summed E-state index contributed by atoms with van der Waals surface area (Å²) in [4.78, 5) is 35.1. The van der Waals surface area contributed by atoms with Crippen molar-refractivity contribution in [2.24, 2.45) is 5.73 Å². The third kappa shape index (κ3) is 51.5. The minimum atomic E-state index is -4.38. The summed E-state index contributed by atoms with van der Waals surface area (Å²) in [6.07, 6.45) is 60.4. The van der Waals surface area contributed by atoms with Crippen LogP contribution in [0.5, 0.6) is 0 Å². The molecule has 0 fully saturated rings. The van der Waals surface area contributed by atoms with Gasteiger partial charge < -0.3 is 20.1 Å². The summed E-state index contributed by atoms with van der Waals surface area (Å²) in [5.41, 5.74) is 5.37. The fourth-order valence-corrected chi connectivity index (χ4v) is 8.66. The van der Waals surface area contributed by atoms with E-state index < -0.39 is 26.5 Å². The molecule has 0 aliphatic carbocycles. The minimum Gasteiger partial charge on any atom is -0.462 e. The van der Waals surface area contributed by atoms with Gasteiger partial charge in [0.15, 0.2) is 6.10 Å². The van der Waals surface area contributed by atoms with Gasteiger partial charge in [-0.15, -0.1) is 0 Å². The highest BCUT2D eigenvalue weighted by molar-refractivity contribution is 7.47. The van der Waals surface area contributed by atoms with Crippen LogP contribution in [0, 0.1) is 0 Å². The van der Waals surface area contributed by atoms with Crippen LogP contribution >= 0.6 is 7.82 Å². The van der Waals surface area contributed by atoms with Gasteiger partial charge in [0.1, 0.15) is 6.61 Å². The molecule has 0 heterocycles. The predicted molar refractivity (Wildman–Crippen MR) is 275 cm³/mol. The highest BCUT2D eigenvalue weighted by atomic mass is 31.2. The van der Waals surface area contributed by atoms with Gasteiger partial charge in [-0.3, -0.25) is 18.6 Å². The predicted octanol–water partition coefficient (Wildman–Crippen LogP) is 16.8. The number of hydrogen-bond acceptors (Lipinski definition) is 8. The number of hydrogen-bond donors (Lipinski definition) is 2. The van der Waals surface area contributed by atoms with E-state index in [4.69, 9.17) is 24.3 Å². The number of phosphoric ester groups is 1. The Labute approximate surface area is 401 Å². The summed E-state index contributed by atoms with van der Waals surface area (Å²) in [7, 11) is -4.38. The van der Waals surface area contributed by atoms with Crippen molar-refractivity contribution in [1.82, 2.24) is 0 Å². The lowest BCUT2D eigenvalue weighted by Gasteiger charge is -2.19. The van der Waals surface area contributed by atoms with Gasteiger partial charge in [-0.25, -0.2) is 4.57 Å². The molecule has 2 unspecified atom stereocenters. The molecular weight excluding hydrogens is 834 g/mol. The third-order valence-electron chi connectivity index (χ3n) is 12.0. The zero-order valence-electron chi connectivity index (χ0n) is 42.5. The first-order valence-electron chi connectivity index (χ1n) is 27.5. The number of phosphoric acid groups is 1. The number of allylic oxidation sites excluding steroid dienone is 6. The molecule has 0 radical (unpaired) electrons. The second kappa shape index (κ2) is 51.6. The molecule has 10 heteroatoms. The first kappa shape index (κ1) is 63.2. The molecule has 0 aromatic rings. The molecule has 9 nitrogen and oxygen atoms in total. The normalized spacial score (nSPS) is 13.4. The lowest BCUT2D eigenvalue weighted by atomic mass is 10.0. The molecule has 0 saturated heterocycles. The van der Waals surface area contributed by atoms with Crippen LogP contribution in [0.4, 0.5) is 0 Å².